The minimum atomic E-state index is -0.153. The zero-order valence-electron chi connectivity index (χ0n) is 18.4. The van der Waals surface area contributed by atoms with Crippen molar-refractivity contribution in [3.8, 4) is 11.5 Å². The van der Waals surface area contributed by atoms with Gasteiger partial charge in [-0.25, -0.2) is 4.79 Å². The van der Waals surface area contributed by atoms with Crippen LogP contribution in [0.4, 0.5) is 4.79 Å². The van der Waals surface area contributed by atoms with Crippen LogP contribution in [0.2, 0.25) is 0 Å². The van der Waals surface area contributed by atoms with Gasteiger partial charge in [-0.05, 0) is 30.2 Å². The van der Waals surface area contributed by atoms with E-state index in [0.717, 1.165) is 16.9 Å². The van der Waals surface area contributed by atoms with Crippen molar-refractivity contribution in [1.82, 2.24) is 20.4 Å². The summed E-state index contributed by atoms with van der Waals surface area (Å²) in [7, 11) is 0. The van der Waals surface area contributed by atoms with Crippen LogP contribution in [0.1, 0.15) is 24.1 Å². The molecular formula is C24H30N4O4. The second-order valence-corrected chi connectivity index (χ2v) is 8.10. The number of nitrogens with one attached hydrogen (secondary N) is 2. The van der Waals surface area contributed by atoms with Gasteiger partial charge >= 0.3 is 6.03 Å². The number of ether oxygens (including phenoxy) is 2. The molecule has 1 fully saturated rings. The Morgan fingerprint density at radius 1 is 0.969 bits per heavy atom. The number of rotatable bonds is 6. The highest BCUT2D eigenvalue weighted by Crippen LogP contribution is 2.32. The summed E-state index contributed by atoms with van der Waals surface area (Å²) in [5.41, 5.74) is 2.05. The Morgan fingerprint density at radius 3 is 2.44 bits per heavy atom. The number of piperazine rings is 1. The van der Waals surface area contributed by atoms with Gasteiger partial charge < -0.3 is 25.0 Å². The van der Waals surface area contributed by atoms with Crippen molar-refractivity contribution >= 4 is 11.9 Å². The maximum Gasteiger partial charge on any atom is 0.317 e. The molecule has 2 aromatic rings. The van der Waals surface area contributed by atoms with Gasteiger partial charge in [-0.3, -0.25) is 9.69 Å². The molecule has 0 radical (unpaired) electrons. The Morgan fingerprint density at radius 2 is 1.69 bits per heavy atom. The Hall–Kier alpha value is -3.26. The lowest BCUT2D eigenvalue weighted by molar-refractivity contribution is -0.122. The van der Waals surface area contributed by atoms with Crippen LogP contribution in [0, 0.1) is 0 Å². The summed E-state index contributed by atoms with van der Waals surface area (Å²) >= 11 is 0. The lowest BCUT2D eigenvalue weighted by Crippen LogP contribution is -2.53. The predicted molar refractivity (Wildman–Crippen MR) is 121 cm³/mol. The van der Waals surface area contributed by atoms with Gasteiger partial charge in [0.1, 0.15) is 13.2 Å². The Kier molecular flexibility index (Phi) is 7.11. The van der Waals surface area contributed by atoms with Gasteiger partial charge in [0, 0.05) is 32.7 Å². The zero-order chi connectivity index (χ0) is 22.3. The smallest absolute Gasteiger partial charge is 0.317 e. The van der Waals surface area contributed by atoms with Crippen LogP contribution in [-0.2, 0) is 11.3 Å². The summed E-state index contributed by atoms with van der Waals surface area (Å²) in [6, 6.07) is 15.4. The maximum absolute atomic E-state index is 12.7. The van der Waals surface area contributed by atoms with Crippen molar-refractivity contribution in [3.05, 3.63) is 59.7 Å². The van der Waals surface area contributed by atoms with Crippen molar-refractivity contribution < 1.29 is 19.1 Å². The van der Waals surface area contributed by atoms with E-state index in [9.17, 15) is 9.59 Å². The van der Waals surface area contributed by atoms with Crippen molar-refractivity contribution in [3.63, 3.8) is 0 Å². The number of nitrogens with zero attached hydrogens (tertiary/aromatic N) is 2. The van der Waals surface area contributed by atoms with Gasteiger partial charge in [-0.2, -0.15) is 0 Å². The molecule has 1 saturated heterocycles. The first-order chi connectivity index (χ1) is 15.6. The van der Waals surface area contributed by atoms with Crippen LogP contribution in [0.25, 0.3) is 0 Å². The van der Waals surface area contributed by atoms with Gasteiger partial charge in [-0.1, -0.05) is 36.4 Å². The molecule has 32 heavy (non-hydrogen) atoms. The largest absolute Gasteiger partial charge is 0.486 e. The molecule has 1 atom stereocenters. The summed E-state index contributed by atoms with van der Waals surface area (Å²) in [6.07, 6.45) is 0. The number of carbonyl (C=O) groups excluding carboxylic acids is 2. The number of fused-ring (bicyclic) bond motifs is 1. The normalized spacial score (nSPS) is 16.8. The number of amides is 3. The van der Waals surface area contributed by atoms with Crippen LogP contribution in [0.15, 0.2) is 48.5 Å². The monoisotopic (exact) mass is 438 g/mol. The fraction of sp³-hybridized carbons (Fsp3) is 0.417. The Balaban J connectivity index is 1.20. The standard InChI is InChI=1S/C24H30N4O4/c1-18(20-7-8-21-22(15-20)32-14-13-31-21)26-24(30)28-11-9-27(10-12-28)17-23(29)25-16-19-5-3-2-4-6-19/h2-8,15,18H,9-14,16-17H2,1H3,(H,25,29)(H,26,30). The van der Waals surface area contributed by atoms with Gasteiger partial charge in [0.2, 0.25) is 5.91 Å². The second kappa shape index (κ2) is 10.4. The Bertz CT molecular complexity index is 929. The quantitative estimate of drug-likeness (QED) is 0.722. The van der Waals surface area contributed by atoms with E-state index in [0.29, 0.717) is 58.2 Å². The molecule has 4 rings (SSSR count). The number of hydrogen-bond donors (Lipinski definition) is 2. The lowest BCUT2D eigenvalue weighted by Gasteiger charge is -2.35. The molecular weight excluding hydrogens is 408 g/mol. The van der Waals surface area contributed by atoms with Gasteiger partial charge in [0.15, 0.2) is 11.5 Å². The third-order valence-corrected chi connectivity index (χ3v) is 5.77. The van der Waals surface area contributed by atoms with E-state index in [-0.39, 0.29) is 18.0 Å². The fourth-order valence-corrected chi connectivity index (χ4v) is 3.85. The zero-order valence-corrected chi connectivity index (χ0v) is 18.4. The topological polar surface area (TPSA) is 83.1 Å². The second-order valence-electron chi connectivity index (χ2n) is 8.10. The van der Waals surface area contributed by atoms with E-state index in [1.54, 1.807) is 4.90 Å². The fourth-order valence-electron chi connectivity index (χ4n) is 3.85. The van der Waals surface area contributed by atoms with Crippen molar-refractivity contribution in [2.24, 2.45) is 0 Å². The molecule has 2 aliphatic heterocycles. The van der Waals surface area contributed by atoms with E-state index in [1.165, 1.54) is 0 Å². The average Bonchev–Trinajstić information content (AvgIpc) is 2.83. The van der Waals surface area contributed by atoms with Crippen LogP contribution in [0.5, 0.6) is 11.5 Å². The first-order valence-corrected chi connectivity index (χ1v) is 11.1. The Labute approximate surface area is 188 Å². The van der Waals surface area contributed by atoms with E-state index >= 15 is 0 Å². The molecule has 2 heterocycles. The van der Waals surface area contributed by atoms with E-state index in [4.69, 9.17) is 9.47 Å². The van der Waals surface area contributed by atoms with Crippen molar-refractivity contribution in [2.45, 2.75) is 19.5 Å². The first kappa shape index (κ1) is 22.0. The third-order valence-electron chi connectivity index (χ3n) is 5.77. The minimum Gasteiger partial charge on any atom is -0.486 e. The summed E-state index contributed by atoms with van der Waals surface area (Å²) in [4.78, 5) is 28.8. The lowest BCUT2D eigenvalue weighted by atomic mass is 10.1. The van der Waals surface area contributed by atoms with Gasteiger partial charge in [0.25, 0.3) is 0 Å². The molecule has 2 N–H and O–H groups in total. The molecule has 170 valence electrons. The summed E-state index contributed by atoms with van der Waals surface area (Å²) < 4.78 is 11.2. The number of urea groups is 1. The molecule has 8 heteroatoms. The van der Waals surface area contributed by atoms with E-state index < -0.39 is 0 Å². The van der Waals surface area contributed by atoms with Crippen LogP contribution < -0.4 is 20.1 Å². The molecule has 2 aliphatic rings. The highest BCUT2D eigenvalue weighted by atomic mass is 16.6. The molecule has 0 aliphatic carbocycles. The molecule has 0 saturated carbocycles. The average molecular weight is 439 g/mol. The van der Waals surface area contributed by atoms with Gasteiger partial charge in [-0.15, -0.1) is 0 Å². The van der Waals surface area contributed by atoms with Crippen molar-refractivity contribution in [2.75, 3.05) is 45.9 Å². The highest BCUT2D eigenvalue weighted by molar-refractivity contribution is 5.78. The molecule has 0 aromatic heterocycles. The van der Waals surface area contributed by atoms with Gasteiger partial charge in [0.05, 0.1) is 12.6 Å². The number of carbonyl (C=O) groups is 2. The minimum absolute atomic E-state index is 0.000940. The highest BCUT2D eigenvalue weighted by Gasteiger charge is 2.24. The molecule has 1 unspecified atom stereocenters. The molecule has 3 amide bonds. The van der Waals surface area contributed by atoms with Crippen LogP contribution in [0.3, 0.4) is 0 Å². The summed E-state index contributed by atoms with van der Waals surface area (Å²) in [5.74, 6) is 1.45. The predicted octanol–water partition coefficient (Wildman–Crippen LogP) is 2.16. The maximum atomic E-state index is 12.7. The summed E-state index contributed by atoms with van der Waals surface area (Å²) in [5, 5.41) is 6.01. The molecule has 0 spiro atoms. The SMILES string of the molecule is CC(NC(=O)N1CCN(CC(=O)NCc2ccccc2)CC1)c1ccc2c(c1)OCCO2. The van der Waals surface area contributed by atoms with E-state index in [2.05, 4.69) is 15.5 Å². The number of hydrogen-bond acceptors (Lipinski definition) is 5. The van der Waals surface area contributed by atoms with Crippen LogP contribution in [-0.4, -0.2) is 67.7 Å². The van der Waals surface area contributed by atoms with Crippen molar-refractivity contribution in [1.29, 1.82) is 0 Å². The number of benzene rings is 2. The molecule has 0 bridgehead atoms. The molecule has 8 nitrogen and oxygen atoms in total. The van der Waals surface area contributed by atoms with Crippen LogP contribution >= 0.6 is 0 Å². The third kappa shape index (κ3) is 5.70. The summed E-state index contributed by atoms with van der Waals surface area (Å²) in [6.45, 7) is 6.43. The van der Waals surface area contributed by atoms with E-state index in [1.807, 2.05) is 55.5 Å². The first-order valence-electron chi connectivity index (χ1n) is 11.1. The molecule has 2 aromatic carbocycles.